The summed E-state index contributed by atoms with van der Waals surface area (Å²) in [6.07, 6.45) is -1.19. The van der Waals surface area contributed by atoms with E-state index < -0.39 is 24.0 Å². The van der Waals surface area contributed by atoms with Crippen molar-refractivity contribution >= 4 is 11.8 Å². The monoisotopic (exact) mass is 451 g/mol. The number of benzene rings is 1. The molecule has 1 aromatic carbocycles. The molecule has 3 rings (SSSR count). The first-order chi connectivity index (χ1) is 16.0. The second kappa shape index (κ2) is 11.9. The summed E-state index contributed by atoms with van der Waals surface area (Å²) in [6, 6.07) is 8.78. The molecule has 4 N–H and O–H groups in total. The van der Waals surface area contributed by atoms with Crippen molar-refractivity contribution in [3.63, 3.8) is 0 Å². The van der Waals surface area contributed by atoms with Crippen LogP contribution in [0.25, 0.3) is 0 Å². The van der Waals surface area contributed by atoms with Crippen LogP contribution < -0.4 is 10.8 Å². The number of ether oxygens (including phenoxy) is 1. The van der Waals surface area contributed by atoms with Gasteiger partial charge in [0.15, 0.2) is 5.76 Å². The Bertz CT molecular complexity index is 1080. The van der Waals surface area contributed by atoms with Crippen LogP contribution in [0.5, 0.6) is 0 Å². The maximum Gasteiger partial charge on any atom is 0.268 e. The number of carbonyl (C=O) groups is 2. The molecule has 0 spiro atoms. The van der Waals surface area contributed by atoms with Crippen LogP contribution in [0.4, 0.5) is 0 Å². The van der Waals surface area contributed by atoms with Gasteiger partial charge in [-0.25, -0.2) is 5.48 Å². The average Bonchev–Trinajstić information content (AvgIpc) is 3.27. The van der Waals surface area contributed by atoms with Crippen LogP contribution in [0, 0.1) is 23.7 Å². The zero-order chi connectivity index (χ0) is 23.6. The van der Waals surface area contributed by atoms with E-state index in [0.717, 1.165) is 38.6 Å². The smallest absolute Gasteiger partial charge is 0.268 e. The second-order valence-electron chi connectivity index (χ2n) is 7.40. The van der Waals surface area contributed by atoms with Crippen LogP contribution in [0.15, 0.2) is 40.8 Å². The molecule has 2 amide bonds. The number of aliphatic hydroxyl groups excluding tert-OH is 1. The molecule has 0 aliphatic carbocycles. The van der Waals surface area contributed by atoms with Gasteiger partial charge in [-0.1, -0.05) is 5.92 Å². The number of furan rings is 1. The molecule has 2 aromatic rings. The standard InChI is InChI=1S/C24H25N3O6/c1-17(28)22(24(30)26-31)25-23(29)19-8-6-18(7-9-19)4-2-3-5-20-10-11-21(33-20)16-27-12-14-32-15-13-27/h6-11,17,22,28,31H,12-16H2,1H3,(H,25,29)(H,26,30). The average molecular weight is 451 g/mol. The largest absolute Gasteiger partial charge is 0.451 e. The van der Waals surface area contributed by atoms with E-state index in [-0.39, 0.29) is 5.56 Å². The maximum absolute atomic E-state index is 12.3. The lowest BCUT2D eigenvalue weighted by Gasteiger charge is -2.25. The third kappa shape index (κ3) is 7.21. The van der Waals surface area contributed by atoms with Crippen LogP contribution in [-0.2, 0) is 16.1 Å². The number of morpholine rings is 1. The van der Waals surface area contributed by atoms with Crippen LogP contribution in [-0.4, -0.2) is 65.5 Å². The van der Waals surface area contributed by atoms with Crippen molar-refractivity contribution in [1.82, 2.24) is 15.7 Å². The summed E-state index contributed by atoms with van der Waals surface area (Å²) in [6.45, 7) is 5.28. The summed E-state index contributed by atoms with van der Waals surface area (Å²) in [5.41, 5.74) is 2.33. The van der Waals surface area contributed by atoms with Gasteiger partial charge in [0.1, 0.15) is 11.8 Å². The lowest BCUT2D eigenvalue weighted by atomic mass is 10.1. The fourth-order valence-electron chi connectivity index (χ4n) is 3.11. The van der Waals surface area contributed by atoms with Crippen molar-refractivity contribution in [2.45, 2.75) is 25.6 Å². The van der Waals surface area contributed by atoms with Crippen molar-refractivity contribution in [3.8, 4) is 23.7 Å². The first-order valence-electron chi connectivity index (χ1n) is 10.4. The van der Waals surface area contributed by atoms with Crippen molar-refractivity contribution in [1.29, 1.82) is 0 Å². The molecule has 0 radical (unpaired) electrons. The predicted octanol–water partition coefficient (Wildman–Crippen LogP) is 0.500. The van der Waals surface area contributed by atoms with Gasteiger partial charge in [-0.15, -0.1) is 0 Å². The maximum atomic E-state index is 12.3. The molecule has 1 fully saturated rings. The quantitative estimate of drug-likeness (QED) is 0.286. The number of carbonyl (C=O) groups excluding carboxylic acids is 2. The van der Waals surface area contributed by atoms with Gasteiger partial charge in [-0.2, -0.15) is 0 Å². The Morgan fingerprint density at radius 1 is 1.09 bits per heavy atom. The Balaban J connectivity index is 1.55. The predicted molar refractivity (Wildman–Crippen MR) is 118 cm³/mol. The van der Waals surface area contributed by atoms with Gasteiger partial charge in [-0.3, -0.25) is 19.7 Å². The first kappa shape index (κ1) is 24.1. The van der Waals surface area contributed by atoms with E-state index in [9.17, 15) is 14.7 Å². The molecule has 9 nitrogen and oxygen atoms in total. The lowest BCUT2D eigenvalue weighted by Crippen LogP contribution is -2.51. The Morgan fingerprint density at radius 2 is 1.79 bits per heavy atom. The summed E-state index contributed by atoms with van der Waals surface area (Å²) in [5, 5.41) is 20.7. The number of hydrogen-bond acceptors (Lipinski definition) is 7. The molecule has 1 saturated heterocycles. The van der Waals surface area contributed by atoms with Crippen LogP contribution in [0.3, 0.4) is 0 Å². The summed E-state index contributed by atoms with van der Waals surface area (Å²) < 4.78 is 11.1. The minimum Gasteiger partial charge on any atom is -0.451 e. The molecule has 1 aliphatic rings. The van der Waals surface area contributed by atoms with Crippen molar-refractivity contribution in [2.75, 3.05) is 26.3 Å². The highest BCUT2D eigenvalue weighted by atomic mass is 16.5. The molecule has 33 heavy (non-hydrogen) atoms. The number of aliphatic hydroxyl groups is 1. The Hall–Kier alpha value is -3.60. The number of hydrogen-bond donors (Lipinski definition) is 4. The highest BCUT2D eigenvalue weighted by Gasteiger charge is 2.25. The van der Waals surface area contributed by atoms with E-state index in [2.05, 4.69) is 33.9 Å². The van der Waals surface area contributed by atoms with Gasteiger partial charge in [0.05, 0.1) is 25.9 Å². The van der Waals surface area contributed by atoms with Crippen LogP contribution in [0.2, 0.25) is 0 Å². The second-order valence-corrected chi connectivity index (χ2v) is 7.40. The molecular weight excluding hydrogens is 426 g/mol. The minimum absolute atomic E-state index is 0.270. The van der Waals surface area contributed by atoms with E-state index in [1.807, 2.05) is 12.1 Å². The van der Waals surface area contributed by atoms with Gasteiger partial charge in [-0.05, 0) is 61.1 Å². The van der Waals surface area contributed by atoms with Crippen LogP contribution >= 0.6 is 0 Å². The Kier molecular flexibility index (Phi) is 8.64. The number of hydroxylamine groups is 1. The van der Waals surface area contributed by atoms with Gasteiger partial charge < -0.3 is 19.6 Å². The normalized spacial score (nSPS) is 15.2. The summed E-state index contributed by atoms with van der Waals surface area (Å²) in [5.74, 6) is 11.1. The van der Waals surface area contributed by atoms with E-state index in [4.69, 9.17) is 14.4 Å². The molecule has 1 aromatic heterocycles. The molecule has 2 heterocycles. The molecule has 0 bridgehead atoms. The van der Waals surface area contributed by atoms with Crippen molar-refractivity contribution < 1.29 is 29.1 Å². The Morgan fingerprint density at radius 3 is 2.45 bits per heavy atom. The number of nitrogens with one attached hydrogen (secondary N) is 2. The number of rotatable bonds is 6. The zero-order valence-corrected chi connectivity index (χ0v) is 18.1. The molecular formula is C24H25N3O6. The topological polar surface area (TPSA) is 124 Å². The minimum atomic E-state index is -1.28. The third-order valence-corrected chi connectivity index (χ3v) is 4.91. The number of amides is 2. The van der Waals surface area contributed by atoms with Crippen molar-refractivity contribution in [3.05, 3.63) is 59.0 Å². The van der Waals surface area contributed by atoms with Gasteiger partial charge in [0, 0.05) is 24.2 Å². The molecule has 172 valence electrons. The summed E-state index contributed by atoms with van der Waals surface area (Å²) in [4.78, 5) is 26.1. The van der Waals surface area contributed by atoms with E-state index >= 15 is 0 Å². The van der Waals surface area contributed by atoms with Gasteiger partial charge >= 0.3 is 0 Å². The molecule has 2 atom stereocenters. The number of nitrogens with zero attached hydrogens (tertiary/aromatic N) is 1. The molecule has 1 aliphatic heterocycles. The van der Waals surface area contributed by atoms with Gasteiger partial charge in [0.25, 0.3) is 11.8 Å². The first-order valence-corrected chi connectivity index (χ1v) is 10.4. The zero-order valence-electron chi connectivity index (χ0n) is 18.1. The highest BCUT2D eigenvalue weighted by molar-refractivity contribution is 5.97. The third-order valence-electron chi connectivity index (χ3n) is 4.91. The fraction of sp³-hybridized carbons (Fsp3) is 0.333. The highest BCUT2D eigenvalue weighted by Crippen LogP contribution is 2.11. The molecule has 2 unspecified atom stereocenters. The summed E-state index contributed by atoms with van der Waals surface area (Å²) >= 11 is 0. The van der Waals surface area contributed by atoms with E-state index in [1.54, 1.807) is 12.1 Å². The van der Waals surface area contributed by atoms with Crippen molar-refractivity contribution in [2.24, 2.45) is 0 Å². The summed E-state index contributed by atoms with van der Waals surface area (Å²) in [7, 11) is 0. The Labute approximate surface area is 191 Å². The van der Waals surface area contributed by atoms with Crippen LogP contribution in [0.1, 0.15) is 34.4 Å². The van der Waals surface area contributed by atoms with E-state index in [1.165, 1.54) is 24.5 Å². The molecule has 9 heteroatoms. The fourth-order valence-corrected chi connectivity index (χ4v) is 3.11. The van der Waals surface area contributed by atoms with Gasteiger partial charge in [0.2, 0.25) is 0 Å². The SMILES string of the molecule is CC(O)C(NC(=O)c1ccc(C#CC#Cc2ccc(CN3CCOCC3)o2)cc1)C(=O)NO. The lowest BCUT2D eigenvalue weighted by molar-refractivity contribution is -0.133. The molecule has 0 saturated carbocycles. The van der Waals surface area contributed by atoms with E-state index in [0.29, 0.717) is 11.3 Å².